The summed E-state index contributed by atoms with van der Waals surface area (Å²) in [6, 6.07) is 14.7. The van der Waals surface area contributed by atoms with Crippen LogP contribution in [-0.2, 0) is 9.53 Å². The third kappa shape index (κ3) is 5.90. The van der Waals surface area contributed by atoms with Gasteiger partial charge in [-0.05, 0) is 61.6 Å². The first-order valence-electron chi connectivity index (χ1n) is 12.7. The van der Waals surface area contributed by atoms with E-state index in [0.717, 1.165) is 17.3 Å². The molecule has 2 heterocycles. The number of amides is 1. The van der Waals surface area contributed by atoms with Crippen LogP contribution in [0.15, 0.2) is 54.2 Å². The molecule has 0 aliphatic carbocycles. The lowest BCUT2D eigenvalue weighted by molar-refractivity contribution is -0.947. The molecule has 3 atom stereocenters. The molecule has 0 saturated carbocycles. The average molecular weight is 494 g/mol. The van der Waals surface area contributed by atoms with Gasteiger partial charge in [0.25, 0.3) is 5.91 Å². The van der Waals surface area contributed by atoms with Crippen LogP contribution in [0.25, 0.3) is 6.08 Å². The van der Waals surface area contributed by atoms with Crippen LogP contribution in [0.5, 0.6) is 11.5 Å². The number of hydrogen-bond acceptors (Lipinski definition) is 5. The second-order valence-corrected chi connectivity index (χ2v) is 9.98. The van der Waals surface area contributed by atoms with Crippen molar-refractivity contribution < 1.29 is 28.3 Å². The predicted molar refractivity (Wildman–Crippen MR) is 139 cm³/mol. The summed E-state index contributed by atoms with van der Waals surface area (Å²) in [4.78, 5) is 26.2. The number of carbonyl (C=O) groups is 2. The summed E-state index contributed by atoms with van der Waals surface area (Å²) in [6.45, 7) is 2.77. The van der Waals surface area contributed by atoms with E-state index in [4.69, 9.17) is 14.2 Å². The maximum atomic E-state index is 13.3. The maximum absolute atomic E-state index is 13.3. The number of esters is 1. The molecule has 7 nitrogen and oxygen atoms in total. The first kappa shape index (κ1) is 25.8. The van der Waals surface area contributed by atoms with Crippen LogP contribution in [-0.4, -0.2) is 63.4 Å². The van der Waals surface area contributed by atoms with Crippen molar-refractivity contribution in [3.8, 4) is 11.5 Å². The van der Waals surface area contributed by atoms with E-state index in [9.17, 15) is 9.59 Å². The fourth-order valence-electron chi connectivity index (χ4n) is 5.73. The molecule has 2 aliphatic heterocycles. The Hall–Kier alpha value is -3.32. The van der Waals surface area contributed by atoms with Crippen LogP contribution in [0.4, 0.5) is 0 Å². The van der Waals surface area contributed by atoms with Gasteiger partial charge in [0, 0.05) is 17.9 Å². The largest absolute Gasteiger partial charge is 0.493 e. The second kappa shape index (κ2) is 11.6. The Morgan fingerprint density at radius 2 is 1.72 bits per heavy atom. The number of ether oxygens (including phenoxy) is 3. The molecular formula is C29H37N2O5+. The summed E-state index contributed by atoms with van der Waals surface area (Å²) in [5, 5.41) is 2.77. The Labute approximate surface area is 213 Å². The molecule has 7 heteroatoms. The Morgan fingerprint density at radius 3 is 2.47 bits per heavy atom. The Bertz CT molecular complexity index is 1100. The van der Waals surface area contributed by atoms with Crippen LogP contribution in [0.1, 0.15) is 48.0 Å². The molecule has 0 aromatic heterocycles. The minimum absolute atomic E-state index is 0.0905. The van der Waals surface area contributed by atoms with E-state index < -0.39 is 5.97 Å². The van der Waals surface area contributed by atoms with Gasteiger partial charge in [-0.3, -0.25) is 4.79 Å². The number of nitrogens with zero attached hydrogens (tertiary/aromatic N) is 1. The highest BCUT2D eigenvalue weighted by molar-refractivity contribution is 6.03. The van der Waals surface area contributed by atoms with Gasteiger partial charge >= 0.3 is 5.97 Å². The van der Waals surface area contributed by atoms with Gasteiger partial charge in [-0.1, -0.05) is 24.3 Å². The van der Waals surface area contributed by atoms with Gasteiger partial charge in [0.1, 0.15) is 12.3 Å². The first-order valence-corrected chi connectivity index (χ1v) is 12.7. The van der Waals surface area contributed by atoms with E-state index >= 15 is 0 Å². The van der Waals surface area contributed by atoms with Gasteiger partial charge in [0.05, 0.1) is 40.4 Å². The quantitative estimate of drug-likeness (QED) is 0.335. The summed E-state index contributed by atoms with van der Waals surface area (Å²) in [7, 11) is 5.47. The van der Waals surface area contributed by atoms with Crippen LogP contribution in [0.3, 0.4) is 0 Å². The molecule has 2 aromatic rings. The van der Waals surface area contributed by atoms with Crippen molar-refractivity contribution in [1.29, 1.82) is 0 Å². The fourth-order valence-corrected chi connectivity index (χ4v) is 5.73. The summed E-state index contributed by atoms with van der Waals surface area (Å²) in [6.07, 6.45) is 7.51. The van der Waals surface area contributed by atoms with Crippen LogP contribution >= 0.6 is 0 Å². The lowest BCUT2D eigenvalue weighted by Crippen LogP contribution is -2.61. The molecule has 2 fully saturated rings. The van der Waals surface area contributed by atoms with Gasteiger partial charge in [0.15, 0.2) is 11.5 Å². The number of quaternary nitrogens is 1. The van der Waals surface area contributed by atoms with Crippen molar-refractivity contribution in [2.45, 2.75) is 38.1 Å². The normalized spacial score (nSPS) is 23.8. The molecule has 0 bridgehead atoms. The van der Waals surface area contributed by atoms with Gasteiger partial charge in [-0.25, -0.2) is 4.79 Å². The molecule has 36 heavy (non-hydrogen) atoms. The van der Waals surface area contributed by atoms with Gasteiger partial charge in [-0.2, -0.15) is 0 Å². The Morgan fingerprint density at radius 1 is 0.972 bits per heavy atom. The smallest absolute Gasteiger partial charge is 0.354 e. The zero-order valence-corrected chi connectivity index (χ0v) is 21.5. The van der Waals surface area contributed by atoms with Crippen LogP contribution in [0.2, 0.25) is 0 Å². The SMILES string of the molecule is COc1ccc(/C=C(/NC(=O)c2ccccc2)C(=O)OC[C@@H]2CCC[N@+]3(C)CCCC[C@H]23)cc1OC. The van der Waals surface area contributed by atoms with Crippen molar-refractivity contribution in [2.24, 2.45) is 5.92 Å². The Kier molecular flexibility index (Phi) is 8.31. The van der Waals surface area contributed by atoms with Gasteiger partial charge < -0.3 is 24.0 Å². The summed E-state index contributed by atoms with van der Waals surface area (Å²) in [5.74, 6) is 0.543. The third-order valence-corrected chi connectivity index (χ3v) is 7.66. The number of carbonyl (C=O) groups excluding carboxylic acids is 2. The number of piperidine rings is 2. The molecule has 0 spiro atoms. The zero-order chi connectivity index (χ0) is 25.5. The molecule has 4 rings (SSSR count). The lowest BCUT2D eigenvalue weighted by Gasteiger charge is -2.51. The maximum Gasteiger partial charge on any atom is 0.354 e. The highest BCUT2D eigenvalue weighted by Gasteiger charge is 2.44. The van der Waals surface area contributed by atoms with Crippen LogP contribution in [0, 0.1) is 5.92 Å². The molecule has 2 saturated heterocycles. The fraction of sp³-hybridized carbons (Fsp3) is 0.448. The number of benzene rings is 2. The highest BCUT2D eigenvalue weighted by Crippen LogP contribution is 2.36. The number of rotatable bonds is 8. The highest BCUT2D eigenvalue weighted by atomic mass is 16.5. The summed E-state index contributed by atoms with van der Waals surface area (Å²) >= 11 is 0. The predicted octanol–water partition coefficient (Wildman–Crippen LogP) is 4.43. The standard InChI is InChI=1S/C29H36N2O5/c1-31-16-8-7-13-25(31)23(12-9-17-31)20-36-29(33)24(30-28(32)22-10-5-4-6-11-22)18-21-14-15-26(34-2)27(19-21)35-3/h4-6,10-11,14-15,18-19,23,25H,7-9,12-13,16-17,20H2,1-3H3/p+1/b24-18+/t23-,25+,31-/m0/s1. The summed E-state index contributed by atoms with van der Waals surface area (Å²) < 4.78 is 17.7. The molecule has 1 N–H and O–H groups in total. The molecular weight excluding hydrogens is 456 g/mol. The van der Waals surface area contributed by atoms with Crippen molar-refractivity contribution in [3.63, 3.8) is 0 Å². The van der Waals surface area contributed by atoms with Crippen molar-refractivity contribution in [3.05, 3.63) is 65.4 Å². The minimum atomic E-state index is -0.537. The molecule has 2 aliphatic rings. The lowest BCUT2D eigenvalue weighted by atomic mass is 9.82. The Balaban J connectivity index is 1.54. The van der Waals surface area contributed by atoms with E-state index in [-0.39, 0.29) is 11.6 Å². The number of methoxy groups -OCH3 is 2. The van der Waals surface area contributed by atoms with Crippen molar-refractivity contribution in [2.75, 3.05) is 41.0 Å². The van der Waals surface area contributed by atoms with E-state index in [1.165, 1.54) is 32.4 Å². The first-order chi connectivity index (χ1) is 17.4. The van der Waals surface area contributed by atoms with Crippen LogP contribution < -0.4 is 14.8 Å². The topological polar surface area (TPSA) is 73.9 Å². The van der Waals surface area contributed by atoms with E-state index in [2.05, 4.69) is 12.4 Å². The molecule has 1 amide bonds. The van der Waals surface area contributed by atoms with E-state index in [0.29, 0.717) is 41.2 Å². The van der Waals surface area contributed by atoms with Crippen molar-refractivity contribution in [1.82, 2.24) is 5.32 Å². The number of hydrogen-bond donors (Lipinski definition) is 1. The summed E-state index contributed by atoms with van der Waals surface area (Å²) in [5.41, 5.74) is 1.24. The van der Waals surface area contributed by atoms with E-state index in [1.54, 1.807) is 62.8 Å². The second-order valence-electron chi connectivity index (χ2n) is 9.98. The van der Waals surface area contributed by atoms with Crippen molar-refractivity contribution >= 4 is 18.0 Å². The molecule has 0 radical (unpaired) electrons. The van der Waals surface area contributed by atoms with Gasteiger partial charge in [0.2, 0.25) is 0 Å². The molecule has 0 unspecified atom stereocenters. The number of fused-ring (bicyclic) bond motifs is 1. The monoisotopic (exact) mass is 493 g/mol. The molecule has 192 valence electrons. The minimum Gasteiger partial charge on any atom is -0.493 e. The number of nitrogens with one attached hydrogen (secondary N) is 1. The molecule has 2 aromatic carbocycles. The van der Waals surface area contributed by atoms with E-state index in [1.807, 2.05) is 6.07 Å². The average Bonchev–Trinajstić information content (AvgIpc) is 2.91. The zero-order valence-electron chi connectivity index (χ0n) is 21.5. The third-order valence-electron chi connectivity index (χ3n) is 7.66. The van der Waals surface area contributed by atoms with Gasteiger partial charge in [-0.15, -0.1) is 0 Å².